The van der Waals surface area contributed by atoms with Crippen LogP contribution in [0.5, 0.6) is 0 Å². The average molecular weight is 1050 g/mol. The van der Waals surface area contributed by atoms with E-state index in [1.165, 1.54) is 19.3 Å². The van der Waals surface area contributed by atoms with Crippen LogP contribution >= 0.6 is 0 Å². The molecule has 3 atom stereocenters. The number of nitrogens with one attached hydrogen (secondary N) is 1. The van der Waals surface area contributed by atoms with E-state index in [9.17, 15) is 24.0 Å². The third kappa shape index (κ3) is 41.5. The van der Waals surface area contributed by atoms with Gasteiger partial charge in [0.25, 0.3) is 0 Å². The first kappa shape index (κ1) is 68.3. The summed E-state index contributed by atoms with van der Waals surface area (Å²) in [5, 5.41) is 2.82. The number of hydrogen-bond acceptors (Lipinski definition) is 14. The van der Waals surface area contributed by atoms with E-state index in [0.29, 0.717) is 45.6 Å². The van der Waals surface area contributed by atoms with Crippen molar-refractivity contribution in [3.05, 3.63) is 24.3 Å². The highest BCUT2D eigenvalue weighted by atomic mass is 16.7. The summed E-state index contributed by atoms with van der Waals surface area (Å²) in [5.41, 5.74) is 0. The number of amides is 1. The Labute approximate surface area is 449 Å². The van der Waals surface area contributed by atoms with Crippen molar-refractivity contribution in [2.24, 2.45) is 11.8 Å². The number of likely N-dealkylation sites (tertiary alicyclic amines) is 1. The van der Waals surface area contributed by atoms with E-state index in [1.807, 2.05) is 0 Å². The molecule has 1 aliphatic rings. The Bertz CT molecular complexity index is 1410. The Hall–Kier alpha value is -3.69. The molecule has 430 valence electrons. The topological polar surface area (TPSA) is 174 Å². The maximum Gasteiger partial charge on any atom is 0.508 e. The first-order valence-electron chi connectivity index (χ1n) is 29.6. The molecule has 0 aromatic rings. The number of ether oxygens (including phenoxy) is 8. The molecule has 3 unspecified atom stereocenters. The summed E-state index contributed by atoms with van der Waals surface area (Å²) in [6, 6.07) is 0. The van der Waals surface area contributed by atoms with Crippen molar-refractivity contribution in [1.29, 1.82) is 0 Å². The average Bonchev–Trinajstić information content (AvgIpc) is 3.92. The minimum absolute atomic E-state index is 0.0295. The van der Waals surface area contributed by atoms with E-state index in [0.717, 1.165) is 161 Å². The smallest absolute Gasteiger partial charge is 0.465 e. The number of alkyl carbamates (subject to hydrolysis) is 1. The molecule has 1 heterocycles. The molecular formula is C59H106N2O13. The number of carbonyl (C=O) groups excluding carboxylic acids is 5. The molecule has 1 amide bonds. The van der Waals surface area contributed by atoms with Crippen molar-refractivity contribution in [3.63, 3.8) is 0 Å². The Kier molecular flexibility index (Phi) is 46.3. The van der Waals surface area contributed by atoms with Gasteiger partial charge in [-0.25, -0.2) is 9.59 Å². The van der Waals surface area contributed by atoms with E-state index >= 15 is 0 Å². The largest absolute Gasteiger partial charge is 0.508 e. The molecule has 0 aromatic carbocycles. The minimum atomic E-state index is -0.974. The molecular weight excluding hydrogens is 945 g/mol. The molecule has 0 spiro atoms. The molecule has 1 N–H and O–H groups in total. The fourth-order valence-corrected chi connectivity index (χ4v) is 8.43. The lowest BCUT2D eigenvalue weighted by Crippen LogP contribution is -2.36. The number of esters is 3. The number of carbonyl (C=O) groups is 5. The van der Waals surface area contributed by atoms with Crippen LogP contribution in [0.15, 0.2) is 24.3 Å². The Balaban J connectivity index is 2.81. The van der Waals surface area contributed by atoms with E-state index < -0.39 is 42.5 Å². The number of unbranched alkanes of at least 4 members (excludes halogenated alkanes) is 14. The van der Waals surface area contributed by atoms with Gasteiger partial charge in [-0.15, -0.1) is 0 Å². The fourth-order valence-electron chi connectivity index (χ4n) is 8.43. The molecule has 0 radical (unpaired) electrons. The normalized spacial score (nSPS) is 14.1. The lowest BCUT2D eigenvalue weighted by atomic mass is 9.95. The van der Waals surface area contributed by atoms with Crippen LogP contribution in [0.3, 0.4) is 0 Å². The van der Waals surface area contributed by atoms with Crippen LogP contribution in [-0.2, 0) is 52.3 Å². The lowest BCUT2D eigenvalue weighted by molar-refractivity contribution is -0.161. The van der Waals surface area contributed by atoms with Crippen molar-refractivity contribution >= 4 is 30.2 Å². The van der Waals surface area contributed by atoms with Gasteiger partial charge in [-0.05, 0) is 116 Å². The molecule has 15 heteroatoms. The highest BCUT2D eigenvalue weighted by Gasteiger charge is 2.23. The predicted octanol–water partition coefficient (Wildman–Crippen LogP) is 13.7. The van der Waals surface area contributed by atoms with Crippen LogP contribution in [-0.4, -0.2) is 120 Å². The van der Waals surface area contributed by atoms with Crippen LogP contribution < -0.4 is 5.32 Å². The van der Waals surface area contributed by atoms with Crippen LogP contribution in [0, 0.1) is 11.8 Å². The van der Waals surface area contributed by atoms with Gasteiger partial charge in [-0.2, -0.15) is 0 Å². The molecule has 1 rings (SSSR count). The molecule has 15 nitrogen and oxygen atoms in total. The van der Waals surface area contributed by atoms with Gasteiger partial charge in [0, 0.05) is 39.1 Å². The Morgan fingerprint density at radius 2 is 1.05 bits per heavy atom. The zero-order valence-corrected chi connectivity index (χ0v) is 47.4. The quantitative estimate of drug-likeness (QED) is 0.0200. The fraction of sp³-hybridized carbons (Fsp3) is 0.847. The van der Waals surface area contributed by atoms with Crippen molar-refractivity contribution in [2.45, 2.75) is 240 Å². The first-order valence-corrected chi connectivity index (χ1v) is 29.6. The second-order valence-electron chi connectivity index (χ2n) is 19.9. The van der Waals surface area contributed by atoms with Crippen LogP contribution in [0.25, 0.3) is 0 Å². The van der Waals surface area contributed by atoms with Gasteiger partial charge in [0.15, 0.2) is 6.29 Å². The van der Waals surface area contributed by atoms with Gasteiger partial charge in [0.2, 0.25) is 0 Å². The predicted molar refractivity (Wildman–Crippen MR) is 293 cm³/mol. The molecule has 0 aromatic heterocycles. The van der Waals surface area contributed by atoms with Crippen molar-refractivity contribution in [3.8, 4) is 0 Å². The molecule has 74 heavy (non-hydrogen) atoms. The van der Waals surface area contributed by atoms with E-state index in [-0.39, 0.29) is 51.2 Å². The molecule has 0 saturated carbocycles. The number of allylic oxidation sites excluding steroid dienone is 4. The number of nitrogens with zero attached hydrogens (tertiary/aromatic N) is 1. The zero-order chi connectivity index (χ0) is 54.0. The molecule has 1 saturated heterocycles. The second-order valence-corrected chi connectivity index (χ2v) is 19.9. The molecule has 0 aliphatic carbocycles. The van der Waals surface area contributed by atoms with E-state index in [1.54, 1.807) is 0 Å². The Morgan fingerprint density at radius 3 is 1.68 bits per heavy atom. The summed E-state index contributed by atoms with van der Waals surface area (Å²) >= 11 is 0. The second kappa shape index (κ2) is 50.1. The third-order valence-electron chi connectivity index (χ3n) is 13.0. The van der Waals surface area contributed by atoms with Gasteiger partial charge >= 0.3 is 30.2 Å². The van der Waals surface area contributed by atoms with Gasteiger partial charge in [0.05, 0.1) is 24.9 Å². The van der Waals surface area contributed by atoms with Gasteiger partial charge in [-0.1, -0.05) is 130 Å². The lowest BCUT2D eigenvalue weighted by Gasteiger charge is -2.21. The van der Waals surface area contributed by atoms with Crippen LogP contribution in [0.4, 0.5) is 9.59 Å². The maximum atomic E-state index is 13.2. The van der Waals surface area contributed by atoms with Gasteiger partial charge < -0.3 is 48.1 Å². The molecule has 1 aliphatic heterocycles. The van der Waals surface area contributed by atoms with Crippen molar-refractivity contribution in [1.82, 2.24) is 10.2 Å². The SMILES string of the molecule is CC/C=C\CCCCOC(CCC(=O)OCC(COC(=O)CCCCCCOC(=O)C(CCCC)CCCCCC)COC(=O)OCC(CCCCCC)OC(=O)NCCN1CCCC1)OCCCC/C=C\CC. The monoisotopic (exact) mass is 1050 g/mol. The van der Waals surface area contributed by atoms with Gasteiger partial charge in [-0.3, -0.25) is 14.4 Å². The molecule has 0 bridgehead atoms. The Morgan fingerprint density at radius 1 is 0.514 bits per heavy atom. The van der Waals surface area contributed by atoms with E-state index in [4.69, 9.17) is 37.9 Å². The summed E-state index contributed by atoms with van der Waals surface area (Å²) in [6.07, 6.45) is 32.3. The van der Waals surface area contributed by atoms with Gasteiger partial charge in [0.1, 0.15) is 32.5 Å². The summed E-state index contributed by atoms with van der Waals surface area (Å²) in [6.45, 7) is 14.6. The number of rotatable bonds is 50. The standard InChI is InChI=1S/C59H106N2O13/c1-6-11-16-20-23-31-44-67-56(68-45-32-24-21-17-12-7-2)39-38-55(63)71-48-51(47-70-54(62)37-28-22-25-33-46-69-57(64)52(34-15-10-5)35-26-18-13-8-3)49-72-59(66)73-50-53(36-27-19-14-9-4)74-58(65)60-40-43-61-41-29-30-42-61/h11-12,16-17,51-53,56H,6-10,13-15,18-50H2,1-5H3,(H,60,65)/b16-11-,17-12-. The summed E-state index contributed by atoms with van der Waals surface area (Å²) in [4.78, 5) is 66.9. The maximum absolute atomic E-state index is 13.2. The van der Waals surface area contributed by atoms with Crippen molar-refractivity contribution in [2.75, 3.05) is 72.4 Å². The first-order chi connectivity index (χ1) is 36.1. The minimum Gasteiger partial charge on any atom is -0.465 e. The summed E-state index contributed by atoms with van der Waals surface area (Å²) in [5.74, 6) is -1.69. The number of hydrogen-bond donors (Lipinski definition) is 1. The van der Waals surface area contributed by atoms with Crippen LogP contribution in [0.1, 0.15) is 227 Å². The highest BCUT2D eigenvalue weighted by Crippen LogP contribution is 2.20. The molecule has 1 fully saturated rings. The van der Waals surface area contributed by atoms with Crippen molar-refractivity contribution < 1.29 is 61.9 Å². The zero-order valence-electron chi connectivity index (χ0n) is 47.4. The third-order valence-corrected chi connectivity index (χ3v) is 13.0. The van der Waals surface area contributed by atoms with E-state index in [2.05, 4.69) is 69.1 Å². The highest BCUT2D eigenvalue weighted by molar-refractivity contribution is 5.72. The summed E-state index contributed by atoms with van der Waals surface area (Å²) < 4.78 is 45.8. The summed E-state index contributed by atoms with van der Waals surface area (Å²) in [7, 11) is 0. The van der Waals surface area contributed by atoms with Crippen LogP contribution in [0.2, 0.25) is 0 Å².